The Balaban J connectivity index is 2.08. The molecule has 0 aromatic rings. The molecule has 0 aromatic carbocycles. The van der Waals surface area contributed by atoms with Crippen LogP contribution >= 0.6 is 0 Å². The molecule has 2 heteroatoms. The first-order valence-corrected chi connectivity index (χ1v) is 7.93. The quantitative estimate of drug-likeness (QED) is 0.814. The molecule has 0 saturated heterocycles. The predicted molar refractivity (Wildman–Crippen MR) is 78.5 cm³/mol. The van der Waals surface area contributed by atoms with Gasteiger partial charge in [-0.25, -0.2) is 0 Å². The molecule has 0 spiro atoms. The van der Waals surface area contributed by atoms with Crippen molar-refractivity contribution in [2.24, 2.45) is 23.5 Å². The van der Waals surface area contributed by atoms with Crippen molar-refractivity contribution < 1.29 is 0 Å². The standard InChI is InChI=1S/C16H32N2/c1-12(2)13(3)18(4)16(11-17)9-5-6-15(10-16)14-7-8-14/h12-15H,5-11,17H2,1-4H3. The summed E-state index contributed by atoms with van der Waals surface area (Å²) in [5.74, 6) is 2.71. The fourth-order valence-electron chi connectivity index (χ4n) is 3.88. The van der Waals surface area contributed by atoms with Crippen molar-refractivity contribution in [2.45, 2.75) is 70.9 Å². The molecule has 0 radical (unpaired) electrons. The molecule has 2 nitrogen and oxygen atoms in total. The van der Waals surface area contributed by atoms with Crippen molar-refractivity contribution >= 4 is 0 Å². The van der Waals surface area contributed by atoms with Crippen LogP contribution in [0.25, 0.3) is 0 Å². The highest BCUT2D eigenvalue weighted by Gasteiger charge is 2.44. The van der Waals surface area contributed by atoms with Crippen LogP contribution in [0.1, 0.15) is 59.3 Å². The summed E-state index contributed by atoms with van der Waals surface area (Å²) in [6, 6.07) is 0.631. The highest BCUT2D eigenvalue weighted by atomic mass is 15.2. The molecule has 18 heavy (non-hydrogen) atoms. The lowest BCUT2D eigenvalue weighted by Gasteiger charge is -2.50. The second kappa shape index (κ2) is 5.50. The van der Waals surface area contributed by atoms with E-state index in [4.69, 9.17) is 5.73 Å². The van der Waals surface area contributed by atoms with E-state index in [0.29, 0.717) is 12.0 Å². The molecule has 2 aliphatic rings. The molecular weight excluding hydrogens is 220 g/mol. The molecule has 3 atom stereocenters. The summed E-state index contributed by atoms with van der Waals surface area (Å²) in [6.45, 7) is 7.85. The van der Waals surface area contributed by atoms with Crippen LogP contribution in [0.15, 0.2) is 0 Å². The van der Waals surface area contributed by atoms with Crippen LogP contribution < -0.4 is 5.73 Å². The summed E-state index contributed by atoms with van der Waals surface area (Å²) in [5, 5.41) is 0. The van der Waals surface area contributed by atoms with Gasteiger partial charge in [0.15, 0.2) is 0 Å². The maximum atomic E-state index is 6.22. The average molecular weight is 252 g/mol. The number of hydrogen-bond donors (Lipinski definition) is 1. The molecule has 106 valence electrons. The first-order valence-electron chi connectivity index (χ1n) is 7.93. The SMILES string of the molecule is CC(C)C(C)N(C)C1(CN)CCCC(C2CC2)C1. The van der Waals surface area contributed by atoms with Gasteiger partial charge in [-0.2, -0.15) is 0 Å². The number of nitrogens with zero attached hydrogens (tertiary/aromatic N) is 1. The van der Waals surface area contributed by atoms with E-state index in [9.17, 15) is 0 Å². The van der Waals surface area contributed by atoms with Crippen molar-refractivity contribution in [3.05, 3.63) is 0 Å². The maximum Gasteiger partial charge on any atom is 0.0334 e. The summed E-state index contributed by atoms with van der Waals surface area (Å²) in [7, 11) is 2.31. The summed E-state index contributed by atoms with van der Waals surface area (Å²) in [6.07, 6.45) is 8.45. The minimum absolute atomic E-state index is 0.287. The van der Waals surface area contributed by atoms with Gasteiger partial charge < -0.3 is 5.73 Å². The van der Waals surface area contributed by atoms with Crippen LogP contribution in [-0.2, 0) is 0 Å². The molecule has 0 bridgehead atoms. The van der Waals surface area contributed by atoms with Crippen LogP contribution in [0.5, 0.6) is 0 Å². The number of hydrogen-bond acceptors (Lipinski definition) is 2. The van der Waals surface area contributed by atoms with Crippen LogP contribution in [-0.4, -0.2) is 30.1 Å². The molecule has 2 fully saturated rings. The van der Waals surface area contributed by atoms with E-state index in [2.05, 4.69) is 32.7 Å². The molecule has 2 rings (SSSR count). The molecule has 0 aliphatic heterocycles. The Kier molecular flexibility index (Phi) is 4.38. The third kappa shape index (κ3) is 2.75. The number of likely N-dealkylation sites (N-methyl/N-ethyl adjacent to an activating group) is 1. The minimum Gasteiger partial charge on any atom is -0.329 e. The highest BCUT2D eigenvalue weighted by molar-refractivity contribution is 5.00. The zero-order valence-electron chi connectivity index (χ0n) is 12.8. The number of nitrogens with two attached hydrogens (primary N) is 1. The smallest absolute Gasteiger partial charge is 0.0334 e. The normalized spacial score (nSPS) is 35.2. The molecule has 3 unspecified atom stereocenters. The Morgan fingerprint density at radius 3 is 2.33 bits per heavy atom. The molecule has 0 aromatic heterocycles. The van der Waals surface area contributed by atoms with E-state index in [1.165, 1.54) is 38.5 Å². The van der Waals surface area contributed by atoms with Gasteiger partial charge in [-0.05, 0) is 57.4 Å². The van der Waals surface area contributed by atoms with Gasteiger partial charge in [0, 0.05) is 18.1 Å². The summed E-state index contributed by atoms with van der Waals surface area (Å²) < 4.78 is 0. The lowest BCUT2D eigenvalue weighted by Crippen LogP contribution is -2.58. The van der Waals surface area contributed by atoms with E-state index in [1.807, 2.05) is 0 Å². The molecule has 0 heterocycles. The third-order valence-corrected chi connectivity index (χ3v) is 5.85. The third-order valence-electron chi connectivity index (χ3n) is 5.85. The first-order chi connectivity index (χ1) is 8.50. The summed E-state index contributed by atoms with van der Waals surface area (Å²) in [5.41, 5.74) is 6.51. The van der Waals surface area contributed by atoms with Crippen LogP contribution in [0, 0.1) is 17.8 Å². The van der Waals surface area contributed by atoms with Crippen LogP contribution in [0.4, 0.5) is 0 Å². The Morgan fingerprint density at radius 1 is 1.17 bits per heavy atom. The first kappa shape index (κ1) is 14.3. The van der Waals surface area contributed by atoms with Gasteiger partial charge in [0.2, 0.25) is 0 Å². The second-order valence-electron chi connectivity index (χ2n) is 7.22. The number of rotatable bonds is 5. The van der Waals surface area contributed by atoms with E-state index in [1.54, 1.807) is 0 Å². The molecule has 2 saturated carbocycles. The van der Waals surface area contributed by atoms with Gasteiger partial charge in [-0.15, -0.1) is 0 Å². The second-order valence-corrected chi connectivity index (χ2v) is 7.22. The Labute approximate surface area is 113 Å². The minimum atomic E-state index is 0.287. The van der Waals surface area contributed by atoms with Crippen LogP contribution in [0.2, 0.25) is 0 Å². The van der Waals surface area contributed by atoms with E-state index in [0.717, 1.165) is 18.4 Å². The van der Waals surface area contributed by atoms with E-state index >= 15 is 0 Å². The van der Waals surface area contributed by atoms with Gasteiger partial charge in [0.1, 0.15) is 0 Å². The van der Waals surface area contributed by atoms with Crippen molar-refractivity contribution in [3.8, 4) is 0 Å². The Hall–Kier alpha value is -0.0800. The Bertz CT molecular complexity index is 272. The molecule has 0 amide bonds. The largest absolute Gasteiger partial charge is 0.329 e. The monoisotopic (exact) mass is 252 g/mol. The van der Waals surface area contributed by atoms with Gasteiger partial charge in [-0.3, -0.25) is 4.90 Å². The van der Waals surface area contributed by atoms with Crippen molar-refractivity contribution in [1.82, 2.24) is 4.90 Å². The van der Waals surface area contributed by atoms with Crippen molar-refractivity contribution in [3.63, 3.8) is 0 Å². The summed E-state index contributed by atoms with van der Waals surface area (Å²) in [4.78, 5) is 2.62. The average Bonchev–Trinajstić information content (AvgIpc) is 3.21. The lowest BCUT2D eigenvalue weighted by molar-refractivity contribution is 0.0111. The van der Waals surface area contributed by atoms with Crippen molar-refractivity contribution in [2.75, 3.05) is 13.6 Å². The zero-order chi connectivity index (χ0) is 13.3. The maximum absolute atomic E-state index is 6.22. The Morgan fingerprint density at radius 2 is 1.83 bits per heavy atom. The molecule has 2 N–H and O–H groups in total. The topological polar surface area (TPSA) is 29.3 Å². The van der Waals surface area contributed by atoms with Gasteiger partial charge in [-0.1, -0.05) is 26.7 Å². The van der Waals surface area contributed by atoms with Gasteiger partial charge in [0.05, 0.1) is 0 Å². The highest BCUT2D eigenvalue weighted by Crippen LogP contribution is 2.48. The molecule has 2 aliphatic carbocycles. The van der Waals surface area contributed by atoms with Crippen molar-refractivity contribution in [1.29, 1.82) is 0 Å². The van der Waals surface area contributed by atoms with Gasteiger partial charge >= 0.3 is 0 Å². The molecular formula is C16H32N2. The van der Waals surface area contributed by atoms with E-state index in [-0.39, 0.29) is 5.54 Å². The lowest BCUT2D eigenvalue weighted by atomic mass is 9.72. The fraction of sp³-hybridized carbons (Fsp3) is 1.00. The van der Waals surface area contributed by atoms with Gasteiger partial charge in [0.25, 0.3) is 0 Å². The van der Waals surface area contributed by atoms with E-state index < -0.39 is 0 Å². The predicted octanol–water partition coefficient (Wildman–Crippen LogP) is 3.26. The fourth-order valence-corrected chi connectivity index (χ4v) is 3.88. The zero-order valence-corrected chi connectivity index (χ0v) is 12.8. The van der Waals surface area contributed by atoms with Crippen LogP contribution in [0.3, 0.4) is 0 Å². The summed E-state index contributed by atoms with van der Waals surface area (Å²) >= 11 is 0.